The molecule has 24 heavy (non-hydrogen) atoms. The summed E-state index contributed by atoms with van der Waals surface area (Å²) in [6, 6.07) is 14.5. The maximum absolute atomic E-state index is 6.00. The largest absolute Gasteiger partial charge is 0.493 e. The van der Waals surface area contributed by atoms with Crippen molar-refractivity contribution >= 4 is 5.57 Å². The van der Waals surface area contributed by atoms with E-state index in [-0.39, 0.29) is 0 Å². The normalized spacial score (nSPS) is 18.7. The van der Waals surface area contributed by atoms with Gasteiger partial charge in [-0.25, -0.2) is 0 Å². The molecule has 0 saturated heterocycles. The molecule has 1 unspecified atom stereocenters. The summed E-state index contributed by atoms with van der Waals surface area (Å²) in [6.45, 7) is 2.98. The maximum Gasteiger partial charge on any atom is 0.131 e. The third-order valence-corrected chi connectivity index (χ3v) is 4.78. The number of hydrogen-bond donors (Lipinski definition) is 0. The Morgan fingerprint density at radius 1 is 1.04 bits per heavy atom. The minimum absolute atomic E-state index is 0.519. The van der Waals surface area contributed by atoms with Gasteiger partial charge in [0.15, 0.2) is 0 Å². The van der Waals surface area contributed by atoms with Crippen LogP contribution in [0.1, 0.15) is 43.2 Å². The summed E-state index contributed by atoms with van der Waals surface area (Å²) in [5.41, 5.74) is 3.84. The molecule has 0 radical (unpaired) electrons. The lowest BCUT2D eigenvalue weighted by Crippen LogP contribution is -1.97. The number of hydrogen-bond acceptors (Lipinski definition) is 2. The van der Waals surface area contributed by atoms with Gasteiger partial charge < -0.3 is 9.47 Å². The second-order valence-electron chi connectivity index (χ2n) is 6.38. The predicted molar refractivity (Wildman–Crippen MR) is 97.8 cm³/mol. The molecule has 1 aliphatic heterocycles. The highest BCUT2D eigenvalue weighted by molar-refractivity contribution is 5.75. The zero-order valence-corrected chi connectivity index (χ0v) is 14.0. The van der Waals surface area contributed by atoms with Crippen LogP contribution in [-0.2, 0) is 0 Å². The SMILES string of the molecule is CCC1COc2cc(Oc3ccc(C4=CCCC=C4)cc3)ccc21. The van der Waals surface area contributed by atoms with Crippen molar-refractivity contribution in [2.45, 2.75) is 32.1 Å². The molecule has 2 heteroatoms. The highest BCUT2D eigenvalue weighted by Gasteiger charge is 2.22. The van der Waals surface area contributed by atoms with E-state index in [9.17, 15) is 0 Å². The van der Waals surface area contributed by atoms with Gasteiger partial charge in [0, 0.05) is 17.5 Å². The Balaban J connectivity index is 1.50. The first-order valence-corrected chi connectivity index (χ1v) is 8.75. The lowest BCUT2D eigenvalue weighted by Gasteiger charge is -2.10. The molecule has 2 aliphatic rings. The second kappa shape index (κ2) is 6.56. The molecular formula is C22H22O2. The fourth-order valence-electron chi connectivity index (χ4n) is 3.34. The summed E-state index contributed by atoms with van der Waals surface area (Å²) < 4.78 is 11.8. The van der Waals surface area contributed by atoms with E-state index in [0.717, 1.165) is 43.1 Å². The van der Waals surface area contributed by atoms with Crippen molar-refractivity contribution in [3.05, 3.63) is 71.8 Å². The summed E-state index contributed by atoms with van der Waals surface area (Å²) in [7, 11) is 0. The molecule has 122 valence electrons. The van der Waals surface area contributed by atoms with E-state index >= 15 is 0 Å². The predicted octanol–water partition coefficient (Wildman–Crippen LogP) is 6.10. The third-order valence-electron chi connectivity index (χ3n) is 4.78. The smallest absolute Gasteiger partial charge is 0.131 e. The van der Waals surface area contributed by atoms with Crippen LogP contribution in [0.25, 0.3) is 5.57 Å². The summed E-state index contributed by atoms with van der Waals surface area (Å²) in [4.78, 5) is 0. The van der Waals surface area contributed by atoms with E-state index < -0.39 is 0 Å². The van der Waals surface area contributed by atoms with Gasteiger partial charge in [-0.1, -0.05) is 43.4 Å². The van der Waals surface area contributed by atoms with Gasteiger partial charge in [-0.2, -0.15) is 0 Å². The van der Waals surface area contributed by atoms with Crippen LogP contribution in [0.15, 0.2) is 60.7 Å². The van der Waals surface area contributed by atoms with Gasteiger partial charge in [0.05, 0.1) is 6.61 Å². The zero-order valence-electron chi connectivity index (χ0n) is 14.0. The third kappa shape index (κ3) is 2.96. The van der Waals surface area contributed by atoms with Gasteiger partial charge >= 0.3 is 0 Å². The van der Waals surface area contributed by atoms with Gasteiger partial charge in [-0.05, 0) is 48.6 Å². The Morgan fingerprint density at radius 2 is 1.88 bits per heavy atom. The Bertz CT molecular complexity index is 784. The first-order valence-electron chi connectivity index (χ1n) is 8.75. The number of rotatable bonds is 4. The summed E-state index contributed by atoms with van der Waals surface area (Å²) in [5.74, 6) is 3.16. The standard InChI is InChI=1S/C22H22O2/c1-2-16-15-23-22-14-20(12-13-21(16)22)24-19-10-8-18(9-11-19)17-6-4-3-5-7-17/h4,6-14,16H,2-3,5,15H2,1H3. The lowest BCUT2D eigenvalue weighted by atomic mass is 9.99. The van der Waals surface area contributed by atoms with Crippen LogP contribution in [0.4, 0.5) is 0 Å². The first kappa shape index (κ1) is 15.1. The second-order valence-corrected chi connectivity index (χ2v) is 6.38. The molecule has 0 fully saturated rings. The van der Waals surface area contributed by atoms with Crippen molar-refractivity contribution in [2.75, 3.05) is 6.61 Å². The zero-order chi connectivity index (χ0) is 16.4. The van der Waals surface area contributed by atoms with Crippen molar-refractivity contribution in [1.29, 1.82) is 0 Å². The number of fused-ring (bicyclic) bond motifs is 1. The molecule has 2 aromatic rings. The Labute approximate surface area is 143 Å². The average Bonchev–Trinajstić information content (AvgIpc) is 3.05. The molecule has 1 aliphatic carbocycles. The highest BCUT2D eigenvalue weighted by Crippen LogP contribution is 2.39. The van der Waals surface area contributed by atoms with Gasteiger partial charge in [-0.15, -0.1) is 0 Å². The summed E-state index contributed by atoms with van der Waals surface area (Å²) in [5, 5.41) is 0. The van der Waals surface area contributed by atoms with Crippen molar-refractivity contribution in [2.24, 2.45) is 0 Å². The fourth-order valence-corrected chi connectivity index (χ4v) is 3.34. The van der Waals surface area contributed by atoms with Crippen molar-refractivity contribution in [3.8, 4) is 17.2 Å². The van der Waals surface area contributed by atoms with Gasteiger partial charge in [0.2, 0.25) is 0 Å². The topological polar surface area (TPSA) is 18.5 Å². The van der Waals surface area contributed by atoms with Crippen LogP contribution in [-0.4, -0.2) is 6.61 Å². The quantitative estimate of drug-likeness (QED) is 0.678. The van der Waals surface area contributed by atoms with Gasteiger partial charge in [-0.3, -0.25) is 0 Å². The van der Waals surface area contributed by atoms with Crippen LogP contribution in [0, 0.1) is 0 Å². The van der Waals surface area contributed by atoms with Crippen LogP contribution in [0.2, 0.25) is 0 Å². The van der Waals surface area contributed by atoms with E-state index in [4.69, 9.17) is 9.47 Å². The van der Waals surface area contributed by atoms with Gasteiger partial charge in [0.25, 0.3) is 0 Å². The van der Waals surface area contributed by atoms with E-state index in [1.54, 1.807) is 0 Å². The molecule has 0 N–H and O–H groups in total. The molecule has 0 spiro atoms. The summed E-state index contributed by atoms with van der Waals surface area (Å²) >= 11 is 0. The van der Waals surface area contributed by atoms with E-state index in [1.165, 1.54) is 16.7 Å². The monoisotopic (exact) mass is 318 g/mol. The Kier molecular flexibility index (Phi) is 4.12. The van der Waals surface area contributed by atoms with Crippen LogP contribution >= 0.6 is 0 Å². The van der Waals surface area contributed by atoms with Crippen molar-refractivity contribution in [1.82, 2.24) is 0 Å². The Morgan fingerprint density at radius 3 is 2.62 bits per heavy atom. The van der Waals surface area contributed by atoms with Crippen LogP contribution in [0.3, 0.4) is 0 Å². The molecule has 2 aromatic carbocycles. The molecule has 1 atom stereocenters. The number of benzene rings is 2. The molecule has 2 nitrogen and oxygen atoms in total. The average molecular weight is 318 g/mol. The Hall–Kier alpha value is -2.48. The molecule has 1 heterocycles. The van der Waals surface area contributed by atoms with E-state index in [1.807, 2.05) is 24.3 Å². The fraction of sp³-hybridized carbons (Fsp3) is 0.273. The highest BCUT2D eigenvalue weighted by atomic mass is 16.5. The van der Waals surface area contributed by atoms with E-state index in [0.29, 0.717) is 5.92 Å². The first-order chi connectivity index (χ1) is 11.8. The van der Waals surface area contributed by atoms with E-state index in [2.05, 4.69) is 43.4 Å². The lowest BCUT2D eigenvalue weighted by molar-refractivity contribution is 0.327. The van der Waals surface area contributed by atoms with Gasteiger partial charge in [0.1, 0.15) is 17.2 Å². The molecule has 0 saturated carbocycles. The minimum Gasteiger partial charge on any atom is -0.493 e. The van der Waals surface area contributed by atoms with Crippen LogP contribution < -0.4 is 9.47 Å². The maximum atomic E-state index is 6.00. The minimum atomic E-state index is 0.519. The van der Waals surface area contributed by atoms with Crippen LogP contribution in [0.5, 0.6) is 17.2 Å². The molecule has 0 amide bonds. The van der Waals surface area contributed by atoms with Crippen molar-refractivity contribution < 1.29 is 9.47 Å². The molecule has 0 aromatic heterocycles. The molecule has 4 rings (SSSR count). The number of allylic oxidation sites excluding steroid dienone is 4. The number of ether oxygens (including phenoxy) is 2. The summed E-state index contributed by atoms with van der Waals surface area (Å²) in [6.07, 6.45) is 10.1. The molecular weight excluding hydrogens is 296 g/mol. The molecule has 0 bridgehead atoms. The van der Waals surface area contributed by atoms with Crippen molar-refractivity contribution in [3.63, 3.8) is 0 Å².